The number of thiocarbonyl (C=S) groups is 1. The van der Waals surface area contributed by atoms with E-state index in [2.05, 4.69) is 15.7 Å². The number of hydrogen-bond donors (Lipinski definition) is 2. The van der Waals surface area contributed by atoms with Gasteiger partial charge in [0, 0.05) is 23.1 Å². The first-order valence-corrected chi connectivity index (χ1v) is 8.36. The van der Waals surface area contributed by atoms with Crippen molar-refractivity contribution in [3.05, 3.63) is 76.5 Å². The van der Waals surface area contributed by atoms with Crippen LogP contribution in [0.1, 0.15) is 5.56 Å². The normalized spacial score (nSPS) is 10.4. The molecular formula is C17H14Cl2N4S. The summed E-state index contributed by atoms with van der Waals surface area (Å²) in [5, 5.41) is 11.9. The molecule has 0 bridgehead atoms. The summed E-state index contributed by atoms with van der Waals surface area (Å²) in [7, 11) is 0. The molecule has 24 heavy (non-hydrogen) atoms. The highest BCUT2D eigenvalue weighted by atomic mass is 35.5. The molecule has 0 aliphatic rings. The van der Waals surface area contributed by atoms with E-state index >= 15 is 0 Å². The smallest absolute Gasteiger partial charge is 0.175 e. The van der Waals surface area contributed by atoms with Gasteiger partial charge >= 0.3 is 0 Å². The molecule has 1 aromatic heterocycles. The lowest BCUT2D eigenvalue weighted by molar-refractivity contribution is 0.687. The minimum atomic E-state index is 0.444. The predicted octanol–water partition coefficient (Wildman–Crippen LogP) is 5.05. The third-order valence-electron chi connectivity index (χ3n) is 3.29. The molecule has 0 radical (unpaired) electrons. The summed E-state index contributed by atoms with van der Waals surface area (Å²) >= 11 is 17.4. The largest absolute Gasteiger partial charge is 0.332 e. The Kier molecular flexibility index (Phi) is 5.35. The van der Waals surface area contributed by atoms with Crippen molar-refractivity contribution >= 4 is 51.9 Å². The number of nitrogens with one attached hydrogen (secondary N) is 2. The highest BCUT2D eigenvalue weighted by Crippen LogP contribution is 2.25. The fourth-order valence-electron chi connectivity index (χ4n) is 2.15. The van der Waals surface area contributed by atoms with Gasteiger partial charge in [-0.3, -0.25) is 4.68 Å². The van der Waals surface area contributed by atoms with Gasteiger partial charge in [0.1, 0.15) is 0 Å². The molecule has 0 saturated heterocycles. The number of nitrogens with zero attached hydrogens (tertiary/aromatic N) is 2. The highest BCUT2D eigenvalue weighted by molar-refractivity contribution is 7.80. The van der Waals surface area contributed by atoms with E-state index in [4.69, 9.17) is 35.4 Å². The molecule has 0 aliphatic heterocycles. The van der Waals surface area contributed by atoms with Gasteiger partial charge in [-0.1, -0.05) is 35.3 Å². The summed E-state index contributed by atoms with van der Waals surface area (Å²) in [5.74, 6) is 0. The van der Waals surface area contributed by atoms with Gasteiger partial charge in [-0.15, -0.1) is 0 Å². The maximum absolute atomic E-state index is 6.11. The van der Waals surface area contributed by atoms with Crippen LogP contribution in [0.4, 0.5) is 11.4 Å². The topological polar surface area (TPSA) is 41.9 Å². The Hall–Kier alpha value is -2.08. The van der Waals surface area contributed by atoms with Gasteiger partial charge in [0.15, 0.2) is 5.11 Å². The minimum absolute atomic E-state index is 0.444. The van der Waals surface area contributed by atoms with E-state index in [1.165, 1.54) is 0 Å². The Morgan fingerprint density at radius 2 is 1.88 bits per heavy atom. The van der Waals surface area contributed by atoms with E-state index in [0.717, 1.165) is 17.8 Å². The third-order valence-corrected chi connectivity index (χ3v) is 4.06. The van der Waals surface area contributed by atoms with Crippen LogP contribution in [0.15, 0.2) is 60.9 Å². The van der Waals surface area contributed by atoms with E-state index in [9.17, 15) is 0 Å². The number of aromatic nitrogens is 2. The first-order chi connectivity index (χ1) is 11.6. The van der Waals surface area contributed by atoms with Gasteiger partial charge < -0.3 is 10.6 Å². The monoisotopic (exact) mass is 376 g/mol. The standard InChI is InChI=1S/C17H14Cl2N4S/c18-13-4-7-15(19)16(10-13)22-17(24)21-14-5-2-12(3-6-14)11-23-9-1-8-20-23/h1-10H,11H2,(H2,21,22,24). The fraction of sp³-hybridized carbons (Fsp3) is 0.0588. The summed E-state index contributed by atoms with van der Waals surface area (Å²) in [6.45, 7) is 0.730. The Balaban J connectivity index is 1.61. The van der Waals surface area contributed by atoms with Crippen LogP contribution < -0.4 is 10.6 Å². The summed E-state index contributed by atoms with van der Waals surface area (Å²) < 4.78 is 1.87. The second-order valence-corrected chi connectivity index (χ2v) is 6.36. The van der Waals surface area contributed by atoms with E-state index < -0.39 is 0 Å². The van der Waals surface area contributed by atoms with Crippen molar-refractivity contribution in [2.24, 2.45) is 0 Å². The molecule has 0 fully saturated rings. The zero-order valence-electron chi connectivity index (χ0n) is 12.5. The van der Waals surface area contributed by atoms with Gasteiger partial charge in [-0.05, 0) is 54.2 Å². The van der Waals surface area contributed by atoms with Crippen LogP contribution in [0.3, 0.4) is 0 Å². The van der Waals surface area contributed by atoms with E-state index in [1.54, 1.807) is 24.4 Å². The molecule has 122 valence electrons. The van der Waals surface area contributed by atoms with Crippen LogP contribution >= 0.6 is 35.4 Å². The molecule has 1 heterocycles. The molecule has 4 nitrogen and oxygen atoms in total. The second kappa shape index (κ2) is 7.66. The fourth-order valence-corrected chi connectivity index (χ4v) is 2.72. The Labute approximate surface area is 155 Å². The molecule has 0 saturated carbocycles. The van der Waals surface area contributed by atoms with Crippen LogP contribution in [-0.4, -0.2) is 14.9 Å². The summed E-state index contributed by atoms with van der Waals surface area (Å²) in [6, 6.07) is 15.1. The molecule has 0 atom stereocenters. The molecule has 2 aromatic carbocycles. The van der Waals surface area contributed by atoms with Gasteiger partial charge in [0.25, 0.3) is 0 Å². The molecule has 3 aromatic rings. The average Bonchev–Trinajstić information content (AvgIpc) is 3.06. The lowest BCUT2D eigenvalue weighted by Gasteiger charge is -2.12. The highest BCUT2D eigenvalue weighted by Gasteiger charge is 2.04. The lowest BCUT2D eigenvalue weighted by atomic mass is 10.2. The third kappa shape index (κ3) is 4.47. The predicted molar refractivity (Wildman–Crippen MR) is 104 cm³/mol. The van der Waals surface area contributed by atoms with Gasteiger partial charge in [0.05, 0.1) is 17.3 Å². The first-order valence-electron chi connectivity index (χ1n) is 7.19. The number of benzene rings is 2. The molecule has 0 amide bonds. The quantitative estimate of drug-likeness (QED) is 0.625. The molecule has 7 heteroatoms. The number of rotatable bonds is 4. The van der Waals surface area contributed by atoms with Crippen molar-refractivity contribution in [3.63, 3.8) is 0 Å². The number of anilines is 2. The Morgan fingerprint density at radius 3 is 2.58 bits per heavy atom. The lowest BCUT2D eigenvalue weighted by Crippen LogP contribution is -2.19. The van der Waals surface area contributed by atoms with E-state index in [0.29, 0.717) is 20.8 Å². The van der Waals surface area contributed by atoms with E-state index in [-0.39, 0.29) is 0 Å². The Bertz CT molecular complexity index is 832. The molecule has 0 unspecified atom stereocenters. The molecule has 0 aliphatic carbocycles. The minimum Gasteiger partial charge on any atom is -0.332 e. The van der Waals surface area contributed by atoms with Crippen LogP contribution in [0.25, 0.3) is 0 Å². The second-order valence-electron chi connectivity index (χ2n) is 5.10. The zero-order chi connectivity index (χ0) is 16.9. The molecule has 2 N–H and O–H groups in total. The SMILES string of the molecule is S=C(Nc1ccc(Cn2cccn2)cc1)Nc1cc(Cl)ccc1Cl. The zero-order valence-corrected chi connectivity index (χ0v) is 14.9. The van der Waals surface area contributed by atoms with Crippen molar-refractivity contribution in [2.45, 2.75) is 6.54 Å². The number of halogens is 2. The van der Waals surface area contributed by atoms with Crippen molar-refractivity contribution in [1.29, 1.82) is 0 Å². The Morgan fingerprint density at radius 1 is 1.08 bits per heavy atom. The average molecular weight is 377 g/mol. The summed E-state index contributed by atoms with van der Waals surface area (Å²) in [6.07, 6.45) is 3.70. The van der Waals surface area contributed by atoms with Crippen LogP contribution in [-0.2, 0) is 6.54 Å². The maximum Gasteiger partial charge on any atom is 0.175 e. The van der Waals surface area contributed by atoms with Crippen molar-refractivity contribution in [1.82, 2.24) is 9.78 Å². The summed E-state index contributed by atoms with van der Waals surface area (Å²) in [5.41, 5.74) is 2.70. The molecular weight excluding hydrogens is 363 g/mol. The van der Waals surface area contributed by atoms with Crippen LogP contribution in [0.2, 0.25) is 10.0 Å². The number of hydrogen-bond acceptors (Lipinski definition) is 2. The maximum atomic E-state index is 6.11. The van der Waals surface area contributed by atoms with Crippen molar-refractivity contribution in [3.8, 4) is 0 Å². The van der Waals surface area contributed by atoms with Gasteiger partial charge in [0.2, 0.25) is 0 Å². The molecule has 0 spiro atoms. The van der Waals surface area contributed by atoms with Gasteiger partial charge in [-0.25, -0.2) is 0 Å². The summed E-state index contributed by atoms with van der Waals surface area (Å²) in [4.78, 5) is 0. The van der Waals surface area contributed by atoms with E-state index in [1.807, 2.05) is 41.2 Å². The van der Waals surface area contributed by atoms with Crippen molar-refractivity contribution in [2.75, 3.05) is 10.6 Å². The first kappa shape index (κ1) is 16.8. The van der Waals surface area contributed by atoms with Crippen molar-refractivity contribution < 1.29 is 0 Å². The van der Waals surface area contributed by atoms with Gasteiger partial charge in [-0.2, -0.15) is 5.10 Å². The van der Waals surface area contributed by atoms with Crippen LogP contribution in [0, 0.1) is 0 Å². The molecule has 3 rings (SSSR count). The van der Waals surface area contributed by atoms with Crippen LogP contribution in [0.5, 0.6) is 0 Å².